The van der Waals surface area contributed by atoms with Gasteiger partial charge in [-0.25, -0.2) is 13.5 Å². The molecule has 168 valence electrons. The molecule has 31 heavy (non-hydrogen) atoms. The van der Waals surface area contributed by atoms with Gasteiger partial charge in [0.2, 0.25) is 5.95 Å². The molecule has 8 nitrogen and oxygen atoms in total. The number of H-pyrrole nitrogens is 1. The van der Waals surface area contributed by atoms with Crippen molar-refractivity contribution in [2.75, 3.05) is 25.5 Å². The smallest absolute Gasteiger partial charge is 0.278 e. The second-order valence-corrected chi connectivity index (χ2v) is 11.3. The fraction of sp³-hybridized carbons (Fsp3) is 0.636. The van der Waals surface area contributed by atoms with Gasteiger partial charge in [-0.05, 0) is 81.0 Å². The van der Waals surface area contributed by atoms with Gasteiger partial charge in [-0.15, -0.1) is 5.10 Å². The predicted octanol–water partition coefficient (Wildman–Crippen LogP) is 2.96. The molecule has 0 saturated carbocycles. The van der Waals surface area contributed by atoms with E-state index in [0.29, 0.717) is 19.0 Å². The number of hydrogen-bond donors (Lipinski definition) is 2. The number of rotatable bonds is 6. The van der Waals surface area contributed by atoms with Gasteiger partial charge in [0.05, 0.1) is 5.60 Å². The van der Waals surface area contributed by atoms with Gasteiger partial charge >= 0.3 is 0 Å². The average Bonchev–Trinajstić information content (AvgIpc) is 3.53. The molecule has 0 radical (unpaired) electrons. The molecule has 9 heteroatoms. The highest BCUT2D eigenvalue weighted by atomic mass is 32.2. The Hall–Kier alpha value is -1.97. The first-order chi connectivity index (χ1) is 14.8. The lowest BCUT2D eigenvalue weighted by molar-refractivity contribution is -0.0226. The Kier molecular flexibility index (Phi) is 5.10. The Morgan fingerprint density at radius 3 is 2.48 bits per heavy atom. The van der Waals surface area contributed by atoms with Crippen LogP contribution in [0.15, 0.2) is 11.2 Å². The molecule has 2 heterocycles. The van der Waals surface area contributed by atoms with Crippen LogP contribution in [0.2, 0.25) is 0 Å². The third-order valence-electron chi connectivity index (χ3n) is 7.42. The van der Waals surface area contributed by atoms with Gasteiger partial charge in [0.25, 0.3) is 15.2 Å². The van der Waals surface area contributed by atoms with Crippen molar-refractivity contribution in [2.45, 2.75) is 69.6 Å². The summed E-state index contributed by atoms with van der Waals surface area (Å²) >= 11 is 0. The highest BCUT2D eigenvalue weighted by Gasteiger charge is 2.41. The van der Waals surface area contributed by atoms with Crippen LogP contribution in [0, 0.1) is 5.92 Å². The number of aromatic nitrogens is 3. The number of methoxy groups -OCH3 is 1. The standard InChI is InChI=1S/C22H31N5O3S/c1-22(2,30-3)16-10-11-27(13-16)31(28,29)21-24-20(25-26-21)23-19-17-8-4-6-14(17)12-15-7-5-9-18(15)19/h12,16H,4-11,13H2,1-3H3,(H2,23,24,25,26). The zero-order chi connectivity index (χ0) is 21.8. The van der Waals surface area contributed by atoms with E-state index in [2.05, 4.69) is 26.6 Å². The zero-order valence-electron chi connectivity index (χ0n) is 18.5. The topological polar surface area (TPSA) is 100 Å². The molecule has 1 aliphatic heterocycles. The average molecular weight is 446 g/mol. The van der Waals surface area contributed by atoms with Gasteiger partial charge in [0, 0.05) is 31.8 Å². The van der Waals surface area contributed by atoms with Crippen molar-refractivity contribution in [1.29, 1.82) is 0 Å². The Balaban J connectivity index is 1.38. The Morgan fingerprint density at radius 1 is 1.16 bits per heavy atom. The molecule has 2 aromatic rings. The molecule has 1 saturated heterocycles. The number of fused-ring (bicyclic) bond motifs is 2. The maximum absolute atomic E-state index is 13.2. The third-order valence-corrected chi connectivity index (χ3v) is 9.10. The van der Waals surface area contributed by atoms with E-state index in [1.807, 2.05) is 13.8 Å². The van der Waals surface area contributed by atoms with Crippen LogP contribution in [0.5, 0.6) is 0 Å². The van der Waals surface area contributed by atoms with Gasteiger partial charge in [-0.2, -0.15) is 9.29 Å². The predicted molar refractivity (Wildman–Crippen MR) is 118 cm³/mol. The lowest BCUT2D eigenvalue weighted by Crippen LogP contribution is -2.37. The Labute approximate surface area is 183 Å². The summed E-state index contributed by atoms with van der Waals surface area (Å²) in [6.07, 6.45) is 7.40. The fourth-order valence-electron chi connectivity index (χ4n) is 5.30. The van der Waals surface area contributed by atoms with Crippen molar-refractivity contribution >= 4 is 21.7 Å². The summed E-state index contributed by atoms with van der Waals surface area (Å²) in [5.74, 6) is 0.461. The number of sulfonamides is 1. The minimum Gasteiger partial charge on any atom is -0.378 e. The monoisotopic (exact) mass is 445 g/mol. The Morgan fingerprint density at radius 2 is 1.84 bits per heavy atom. The zero-order valence-corrected chi connectivity index (χ0v) is 19.3. The van der Waals surface area contributed by atoms with Crippen molar-refractivity contribution in [3.63, 3.8) is 0 Å². The Bertz CT molecular complexity index is 1080. The van der Waals surface area contributed by atoms with E-state index in [4.69, 9.17) is 4.74 Å². The van der Waals surface area contributed by atoms with Crippen molar-refractivity contribution in [1.82, 2.24) is 19.5 Å². The van der Waals surface area contributed by atoms with Crippen molar-refractivity contribution in [3.8, 4) is 0 Å². The first-order valence-corrected chi connectivity index (χ1v) is 12.6. The highest BCUT2D eigenvalue weighted by Crippen LogP contribution is 2.39. The van der Waals surface area contributed by atoms with Gasteiger partial charge in [-0.3, -0.25) is 0 Å². The summed E-state index contributed by atoms with van der Waals surface area (Å²) in [4.78, 5) is 4.34. The fourth-order valence-corrected chi connectivity index (χ4v) is 6.63. The number of aryl methyl sites for hydroxylation is 2. The quantitative estimate of drug-likeness (QED) is 0.709. The molecule has 1 unspecified atom stereocenters. The molecule has 2 N–H and O–H groups in total. The van der Waals surface area contributed by atoms with Gasteiger partial charge in [0.15, 0.2) is 0 Å². The number of nitrogens with one attached hydrogen (secondary N) is 2. The van der Waals surface area contributed by atoms with E-state index in [9.17, 15) is 8.42 Å². The van der Waals surface area contributed by atoms with Gasteiger partial charge in [-0.1, -0.05) is 6.07 Å². The van der Waals surface area contributed by atoms with E-state index in [1.165, 1.54) is 26.6 Å². The normalized spacial score (nSPS) is 21.5. The summed E-state index contributed by atoms with van der Waals surface area (Å²) in [5.41, 5.74) is 6.25. The van der Waals surface area contributed by atoms with Crippen LogP contribution in [-0.4, -0.2) is 53.7 Å². The molecule has 0 bridgehead atoms. The lowest BCUT2D eigenvalue weighted by Gasteiger charge is -2.29. The summed E-state index contributed by atoms with van der Waals surface area (Å²) in [7, 11) is -2.06. The second-order valence-electron chi connectivity index (χ2n) is 9.48. The van der Waals surface area contributed by atoms with E-state index >= 15 is 0 Å². The van der Waals surface area contributed by atoms with Crippen molar-refractivity contribution in [3.05, 3.63) is 28.3 Å². The number of benzene rings is 1. The minimum absolute atomic E-state index is 0.102. The first-order valence-electron chi connectivity index (χ1n) is 11.2. The summed E-state index contributed by atoms with van der Waals surface area (Å²) in [6, 6.07) is 2.37. The lowest BCUT2D eigenvalue weighted by atomic mass is 9.90. The van der Waals surface area contributed by atoms with Crippen LogP contribution in [0.1, 0.15) is 55.4 Å². The molecule has 5 rings (SSSR count). The van der Waals surface area contributed by atoms with Crippen molar-refractivity contribution in [2.24, 2.45) is 5.92 Å². The van der Waals surface area contributed by atoms with Gasteiger partial charge in [0.1, 0.15) is 0 Å². The van der Waals surface area contributed by atoms with Crippen LogP contribution in [0.3, 0.4) is 0 Å². The molecule has 1 atom stereocenters. The number of aromatic amines is 1. The van der Waals surface area contributed by atoms with Gasteiger partial charge < -0.3 is 10.1 Å². The van der Waals surface area contributed by atoms with Crippen LogP contribution >= 0.6 is 0 Å². The molecule has 1 aromatic carbocycles. The maximum atomic E-state index is 13.2. The van der Waals surface area contributed by atoms with E-state index < -0.39 is 10.0 Å². The molecule has 2 aliphatic carbocycles. The van der Waals surface area contributed by atoms with Crippen LogP contribution in [-0.2, 0) is 40.4 Å². The number of hydrogen-bond acceptors (Lipinski definition) is 6. The summed E-state index contributed by atoms with van der Waals surface area (Å²) in [6.45, 7) is 4.89. The third kappa shape index (κ3) is 3.56. The molecule has 1 aromatic heterocycles. The number of anilines is 2. The largest absolute Gasteiger partial charge is 0.378 e. The minimum atomic E-state index is -3.73. The summed E-state index contributed by atoms with van der Waals surface area (Å²) in [5, 5.41) is 10.1. The highest BCUT2D eigenvalue weighted by molar-refractivity contribution is 7.89. The molecular formula is C22H31N5O3S. The maximum Gasteiger partial charge on any atom is 0.278 e. The van der Waals surface area contributed by atoms with Crippen LogP contribution in [0.25, 0.3) is 0 Å². The molecular weight excluding hydrogens is 414 g/mol. The van der Waals surface area contributed by atoms with Crippen molar-refractivity contribution < 1.29 is 13.2 Å². The molecule has 0 amide bonds. The van der Waals surface area contributed by atoms with Crippen LogP contribution < -0.4 is 5.32 Å². The number of ether oxygens (including phenoxy) is 1. The number of nitrogens with zero attached hydrogens (tertiary/aromatic N) is 3. The summed E-state index contributed by atoms with van der Waals surface area (Å²) < 4.78 is 33.4. The van der Waals surface area contributed by atoms with Crippen LogP contribution in [0.4, 0.5) is 11.6 Å². The molecule has 0 spiro atoms. The first kappa shape index (κ1) is 20.9. The SMILES string of the molecule is COC(C)(C)C1CCN(S(=O)(=O)c2nc(Nc3c4c(cc5c3CCC5)CCC4)n[nH]2)C1. The second kappa shape index (κ2) is 7.56. The van der Waals surface area contributed by atoms with E-state index in [0.717, 1.165) is 50.6 Å². The van der Waals surface area contributed by atoms with E-state index in [-0.39, 0.29) is 16.7 Å². The van der Waals surface area contributed by atoms with E-state index in [1.54, 1.807) is 7.11 Å². The molecule has 3 aliphatic rings. The molecule has 1 fully saturated rings.